The number of hydrogen-bond acceptors (Lipinski definition) is 1. The maximum Gasteiger partial charge on any atom is 0.193 e. The van der Waals surface area contributed by atoms with Gasteiger partial charge in [0.05, 0.1) is 0 Å². The number of halogens is 1. The summed E-state index contributed by atoms with van der Waals surface area (Å²) in [6.07, 6.45) is 2.57. The highest BCUT2D eigenvalue weighted by Crippen LogP contribution is 2.51. The summed E-state index contributed by atoms with van der Waals surface area (Å²) in [6.45, 7) is 9.56. The summed E-state index contributed by atoms with van der Waals surface area (Å²) in [5, 5.41) is 3.19. The number of hydrogen-bond donors (Lipinski definition) is 2. The van der Waals surface area contributed by atoms with Crippen LogP contribution in [-0.4, -0.2) is 12.5 Å². The number of aliphatic imine (C=N–C) groups is 1. The third-order valence-electron chi connectivity index (χ3n) is 4.18. The molecule has 4 heteroatoms. The molecule has 0 saturated heterocycles. The first-order chi connectivity index (χ1) is 8.91. The van der Waals surface area contributed by atoms with Gasteiger partial charge in [0.25, 0.3) is 0 Å². The summed E-state index contributed by atoms with van der Waals surface area (Å²) in [6, 6.07) is 6.33. The van der Waals surface area contributed by atoms with Gasteiger partial charge in [-0.1, -0.05) is 19.9 Å². The second-order valence-corrected chi connectivity index (χ2v) is 6.22. The fourth-order valence-corrected chi connectivity index (χ4v) is 2.56. The van der Waals surface area contributed by atoms with Crippen molar-refractivity contribution in [3.8, 4) is 0 Å². The molecule has 0 amide bonds. The average molecular weight is 387 g/mol. The predicted molar refractivity (Wildman–Crippen MR) is 97.9 cm³/mol. The molecule has 0 aliphatic heterocycles. The standard InChI is InChI=1S/C16H25N3.HI/c1-11(2)16(5-6-16)10-18-15(17)19-14-8-12(3)7-13(4)9-14;/h7-9,11H,5-6,10H2,1-4H3,(H3,17,18,19);1H. The van der Waals surface area contributed by atoms with E-state index in [1.165, 1.54) is 24.0 Å². The Morgan fingerprint density at radius 2 is 1.80 bits per heavy atom. The minimum atomic E-state index is 0. The van der Waals surface area contributed by atoms with Gasteiger partial charge in [-0.05, 0) is 61.3 Å². The van der Waals surface area contributed by atoms with E-state index >= 15 is 0 Å². The van der Waals surface area contributed by atoms with Gasteiger partial charge >= 0.3 is 0 Å². The largest absolute Gasteiger partial charge is 0.370 e. The van der Waals surface area contributed by atoms with Crippen molar-refractivity contribution in [1.29, 1.82) is 0 Å². The Morgan fingerprint density at radius 1 is 1.25 bits per heavy atom. The van der Waals surface area contributed by atoms with Crippen molar-refractivity contribution in [3.63, 3.8) is 0 Å². The Hall–Kier alpha value is -0.780. The molecule has 1 saturated carbocycles. The number of benzene rings is 1. The van der Waals surface area contributed by atoms with Crippen molar-refractivity contribution in [2.45, 2.75) is 40.5 Å². The van der Waals surface area contributed by atoms with Crippen molar-refractivity contribution in [2.75, 3.05) is 11.9 Å². The van der Waals surface area contributed by atoms with E-state index in [1.807, 2.05) is 0 Å². The zero-order chi connectivity index (χ0) is 14.0. The topological polar surface area (TPSA) is 50.4 Å². The van der Waals surface area contributed by atoms with Crippen LogP contribution in [0.1, 0.15) is 37.8 Å². The van der Waals surface area contributed by atoms with Gasteiger partial charge in [-0.15, -0.1) is 24.0 Å². The van der Waals surface area contributed by atoms with Crippen LogP contribution in [0.15, 0.2) is 23.2 Å². The van der Waals surface area contributed by atoms with Gasteiger partial charge in [-0.2, -0.15) is 0 Å². The van der Waals surface area contributed by atoms with Gasteiger partial charge in [0, 0.05) is 12.2 Å². The molecule has 0 bridgehead atoms. The highest BCUT2D eigenvalue weighted by molar-refractivity contribution is 14.0. The molecule has 1 fully saturated rings. The highest BCUT2D eigenvalue weighted by Gasteiger charge is 2.45. The van der Waals surface area contributed by atoms with Crippen molar-refractivity contribution in [1.82, 2.24) is 0 Å². The molecule has 0 unspecified atom stereocenters. The average Bonchev–Trinajstić information content (AvgIpc) is 3.05. The van der Waals surface area contributed by atoms with Gasteiger partial charge in [0.1, 0.15) is 0 Å². The van der Waals surface area contributed by atoms with Crippen LogP contribution in [0, 0.1) is 25.2 Å². The van der Waals surface area contributed by atoms with Crippen LogP contribution < -0.4 is 11.1 Å². The van der Waals surface area contributed by atoms with Gasteiger partial charge < -0.3 is 11.1 Å². The van der Waals surface area contributed by atoms with Crippen LogP contribution in [0.25, 0.3) is 0 Å². The summed E-state index contributed by atoms with van der Waals surface area (Å²) in [5.74, 6) is 1.21. The number of rotatable bonds is 4. The SMILES string of the molecule is Cc1cc(C)cc(NC(N)=NCC2(C(C)C)CC2)c1.I. The molecule has 3 nitrogen and oxygen atoms in total. The first-order valence-corrected chi connectivity index (χ1v) is 7.06. The van der Waals surface area contributed by atoms with Crippen LogP contribution in [-0.2, 0) is 0 Å². The van der Waals surface area contributed by atoms with E-state index in [2.05, 4.69) is 56.2 Å². The molecule has 112 valence electrons. The van der Waals surface area contributed by atoms with E-state index in [0.29, 0.717) is 17.3 Å². The summed E-state index contributed by atoms with van der Waals surface area (Å²) in [4.78, 5) is 4.52. The zero-order valence-electron chi connectivity index (χ0n) is 12.9. The second kappa shape index (κ2) is 6.78. The van der Waals surface area contributed by atoms with Crippen molar-refractivity contribution < 1.29 is 0 Å². The van der Waals surface area contributed by atoms with Crippen LogP contribution in [0.2, 0.25) is 0 Å². The summed E-state index contributed by atoms with van der Waals surface area (Å²) < 4.78 is 0. The first kappa shape index (κ1) is 17.3. The second-order valence-electron chi connectivity index (χ2n) is 6.22. The van der Waals surface area contributed by atoms with E-state index in [9.17, 15) is 0 Å². The molecule has 1 aliphatic rings. The van der Waals surface area contributed by atoms with E-state index in [1.54, 1.807) is 0 Å². The van der Waals surface area contributed by atoms with Crippen LogP contribution in [0.4, 0.5) is 5.69 Å². The summed E-state index contributed by atoms with van der Waals surface area (Å²) >= 11 is 0. The van der Waals surface area contributed by atoms with Crippen LogP contribution in [0.5, 0.6) is 0 Å². The Balaban J connectivity index is 0.00000200. The van der Waals surface area contributed by atoms with Crippen molar-refractivity contribution in [2.24, 2.45) is 22.1 Å². The zero-order valence-corrected chi connectivity index (χ0v) is 15.2. The summed E-state index contributed by atoms with van der Waals surface area (Å²) in [5.41, 5.74) is 9.88. The third-order valence-corrected chi connectivity index (χ3v) is 4.18. The monoisotopic (exact) mass is 387 g/mol. The lowest BCUT2D eigenvalue weighted by atomic mass is 9.93. The Kier molecular flexibility index (Phi) is 5.86. The molecule has 0 heterocycles. The fourth-order valence-electron chi connectivity index (χ4n) is 2.56. The lowest BCUT2D eigenvalue weighted by Gasteiger charge is -2.17. The summed E-state index contributed by atoms with van der Waals surface area (Å²) in [7, 11) is 0. The van der Waals surface area contributed by atoms with E-state index in [4.69, 9.17) is 5.73 Å². The number of aryl methyl sites for hydroxylation is 2. The third kappa shape index (κ3) is 4.36. The van der Waals surface area contributed by atoms with Crippen molar-refractivity contribution in [3.05, 3.63) is 29.3 Å². The van der Waals surface area contributed by atoms with Crippen LogP contribution in [0.3, 0.4) is 0 Å². The molecule has 0 spiro atoms. The smallest absolute Gasteiger partial charge is 0.193 e. The number of nitrogens with one attached hydrogen (secondary N) is 1. The van der Waals surface area contributed by atoms with Gasteiger partial charge in [-0.25, -0.2) is 0 Å². The molecular weight excluding hydrogens is 361 g/mol. The quantitative estimate of drug-likeness (QED) is 0.465. The molecular formula is C16H26IN3. The molecule has 0 radical (unpaired) electrons. The molecule has 2 rings (SSSR count). The molecule has 1 aliphatic carbocycles. The maximum absolute atomic E-state index is 5.98. The number of anilines is 1. The lowest BCUT2D eigenvalue weighted by molar-refractivity contribution is 0.371. The number of nitrogens with two attached hydrogens (primary N) is 1. The number of guanidine groups is 1. The van der Waals surface area contributed by atoms with Crippen molar-refractivity contribution >= 4 is 35.6 Å². The van der Waals surface area contributed by atoms with E-state index in [0.717, 1.165) is 12.2 Å². The van der Waals surface area contributed by atoms with E-state index < -0.39 is 0 Å². The number of nitrogens with zero attached hydrogens (tertiary/aromatic N) is 1. The molecule has 0 aromatic heterocycles. The van der Waals surface area contributed by atoms with Gasteiger partial charge in [0.2, 0.25) is 0 Å². The minimum absolute atomic E-state index is 0. The molecule has 0 atom stereocenters. The molecule has 1 aromatic rings. The molecule has 20 heavy (non-hydrogen) atoms. The lowest BCUT2D eigenvalue weighted by Crippen LogP contribution is -2.25. The minimum Gasteiger partial charge on any atom is -0.370 e. The Morgan fingerprint density at radius 3 is 2.25 bits per heavy atom. The first-order valence-electron chi connectivity index (χ1n) is 7.06. The molecule has 3 N–H and O–H groups in total. The normalized spacial score (nSPS) is 16.8. The van der Waals surface area contributed by atoms with Gasteiger partial charge in [-0.3, -0.25) is 4.99 Å². The highest BCUT2D eigenvalue weighted by atomic mass is 127. The maximum atomic E-state index is 5.98. The van der Waals surface area contributed by atoms with Gasteiger partial charge in [0.15, 0.2) is 5.96 Å². The fraction of sp³-hybridized carbons (Fsp3) is 0.562. The predicted octanol–water partition coefficient (Wildman–Crippen LogP) is 4.08. The Bertz CT molecular complexity index is 470. The van der Waals surface area contributed by atoms with E-state index in [-0.39, 0.29) is 24.0 Å². The molecule has 1 aromatic carbocycles. The Labute approximate surface area is 139 Å². The van der Waals surface area contributed by atoms with Crippen LogP contribution >= 0.6 is 24.0 Å².